The van der Waals surface area contributed by atoms with E-state index in [1.807, 2.05) is 0 Å². The Morgan fingerprint density at radius 2 is 1.87 bits per heavy atom. The fourth-order valence-electron chi connectivity index (χ4n) is 5.44. The second-order valence-electron chi connectivity index (χ2n) is 8.98. The molecule has 1 aromatic rings. The average molecular weight is 435 g/mol. The van der Waals surface area contributed by atoms with Crippen molar-refractivity contribution in [1.29, 1.82) is 0 Å². The molecule has 3 aliphatic rings. The van der Waals surface area contributed by atoms with Crippen LogP contribution in [-0.2, 0) is 16.0 Å². The van der Waals surface area contributed by atoms with Crippen LogP contribution in [0.15, 0.2) is 18.2 Å². The highest BCUT2D eigenvalue weighted by molar-refractivity contribution is 5.97. The summed E-state index contributed by atoms with van der Waals surface area (Å²) < 4.78 is 4.76. The molecule has 1 N–H and O–H groups in total. The molecule has 2 heterocycles. The van der Waals surface area contributed by atoms with Gasteiger partial charge in [0.2, 0.25) is 0 Å². The van der Waals surface area contributed by atoms with Gasteiger partial charge < -0.3 is 15.0 Å². The number of ether oxygens (including phenoxy) is 1. The minimum Gasteiger partial charge on any atom is -0.469 e. The van der Waals surface area contributed by atoms with Crippen molar-refractivity contribution in [3.8, 4) is 0 Å². The van der Waals surface area contributed by atoms with Gasteiger partial charge >= 0.3 is 5.97 Å². The molecule has 6 heteroatoms. The minimum absolute atomic E-state index is 0. The van der Waals surface area contributed by atoms with Crippen LogP contribution in [0.5, 0.6) is 0 Å². The molecule has 0 atom stereocenters. The number of esters is 1. The number of carbonyl (C=O) groups excluding carboxylic acids is 2. The molecule has 30 heavy (non-hydrogen) atoms. The first kappa shape index (κ1) is 23.1. The number of halogens is 1. The van der Waals surface area contributed by atoms with Crippen LogP contribution in [0.1, 0.15) is 78.8 Å². The molecule has 1 aliphatic carbocycles. The molecule has 166 valence electrons. The molecular formula is C24H35ClN2O3. The van der Waals surface area contributed by atoms with Crippen molar-refractivity contribution in [2.75, 3.05) is 26.7 Å². The van der Waals surface area contributed by atoms with E-state index in [0.29, 0.717) is 24.3 Å². The summed E-state index contributed by atoms with van der Waals surface area (Å²) in [6, 6.07) is 7.00. The maximum Gasteiger partial charge on any atom is 0.305 e. The molecule has 1 saturated carbocycles. The number of nitrogens with zero attached hydrogens (tertiary/aromatic N) is 1. The summed E-state index contributed by atoms with van der Waals surface area (Å²) in [6.07, 6.45) is 9.04. The van der Waals surface area contributed by atoms with Gasteiger partial charge in [-0.3, -0.25) is 9.59 Å². The molecule has 0 bridgehead atoms. The van der Waals surface area contributed by atoms with Crippen molar-refractivity contribution in [1.82, 2.24) is 10.2 Å². The number of amides is 1. The molecular weight excluding hydrogens is 400 g/mol. The predicted molar refractivity (Wildman–Crippen MR) is 120 cm³/mol. The standard InChI is InChI=1S/C24H34N2O3.ClH/c1-29-23(27)9-4-17-2-7-21(8-3-17)26-15-12-19-5-6-20(16-22(19)24(26)28)18-10-13-25-14-11-18;/h5-6,16-18,21,25H,2-4,7-15H2,1H3;1H/t17-,21-;. The van der Waals surface area contributed by atoms with E-state index in [9.17, 15) is 9.59 Å². The first-order valence-corrected chi connectivity index (χ1v) is 11.4. The topological polar surface area (TPSA) is 58.6 Å². The quantitative estimate of drug-likeness (QED) is 0.709. The lowest BCUT2D eigenvalue weighted by Gasteiger charge is -2.39. The zero-order valence-electron chi connectivity index (χ0n) is 18.0. The van der Waals surface area contributed by atoms with E-state index in [2.05, 4.69) is 28.4 Å². The normalized spacial score (nSPS) is 24.7. The van der Waals surface area contributed by atoms with Gasteiger partial charge in [0, 0.05) is 24.6 Å². The van der Waals surface area contributed by atoms with Gasteiger partial charge in [0.1, 0.15) is 0 Å². The Balaban J connectivity index is 0.00000256. The number of carbonyl (C=O) groups is 2. The fourth-order valence-corrected chi connectivity index (χ4v) is 5.44. The lowest BCUT2D eigenvalue weighted by Crippen LogP contribution is -2.46. The van der Waals surface area contributed by atoms with Crippen LogP contribution in [0.25, 0.3) is 0 Å². The number of methoxy groups -OCH3 is 1. The highest BCUT2D eigenvalue weighted by Crippen LogP contribution is 2.34. The number of hydrogen-bond acceptors (Lipinski definition) is 4. The molecule has 5 nitrogen and oxygen atoms in total. The molecule has 0 spiro atoms. The van der Waals surface area contributed by atoms with Gasteiger partial charge in [-0.25, -0.2) is 0 Å². The van der Waals surface area contributed by atoms with Gasteiger partial charge in [0.25, 0.3) is 5.91 Å². The van der Waals surface area contributed by atoms with Crippen LogP contribution in [0.4, 0.5) is 0 Å². The Hall–Kier alpha value is -1.59. The highest BCUT2D eigenvalue weighted by Gasteiger charge is 2.33. The third-order valence-electron chi connectivity index (χ3n) is 7.30. The highest BCUT2D eigenvalue weighted by atomic mass is 35.5. The summed E-state index contributed by atoms with van der Waals surface area (Å²) in [4.78, 5) is 26.9. The summed E-state index contributed by atoms with van der Waals surface area (Å²) in [5.74, 6) is 1.29. The average Bonchev–Trinajstić information content (AvgIpc) is 2.78. The van der Waals surface area contributed by atoms with E-state index in [4.69, 9.17) is 4.74 Å². The zero-order valence-corrected chi connectivity index (χ0v) is 18.8. The lowest BCUT2D eigenvalue weighted by atomic mass is 9.81. The number of piperidine rings is 1. The number of rotatable bonds is 5. The number of fused-ring (bicyclic) bond motifs is 1. The van der Waals surface area contributed by atoms with Crippen molar-refractivity contribution in [3.05, 3.63) is 34.9 Å². The monoisotopic (exact) mass is 434 g/mol. The van der Waals surface area contributed by atoms with Crippen molar-refractivity contribution in [2.24, 2.45) is 5.92 Å². The Morgan fingerprint density at radius 1 is 1.13 bits per heavy atom. The van der Waals surface area contributed by atoms with Gasteiger partial charge in [-0.15, -0.1) is 12.4 Å². The molecule has 4 rings (SSSR count). The van der Waals surface area contributed by atoms with E-state index in [-0.39, 0.29) is 24.3 Å². The maximum absolute atomic E-state index is 13.3. The summed E-state index contributed by atoms with van der Waals surface area (Å²) in [7, 11) is 1.45. The largest absolute Gasteiger partial charge is 0.469 e. The van der Waals surface area contributed by atoms with Crippen molar-refractivity contribution in [2.45, 2.75) is 69.7 Å². The molecule has 0 aromatic heterocycles. The second kappa shape index (κ2) is 10.6. The van der Waals surface area contributed by atoms with Gasteiger partial charge in [-0.2, -0.15) is 0 Å². The molecule has 2 fully saturated rings. The van der Waals surface area contributed by atoms with Crippen LogP contribution in [0.3, 0.4) is 0 Å². The first-order chi connectivity index (χ1) is 14.2. The SMILES string of the molecule is COC(=O)CC[C@H]1CC[C@H](N2CCc3ccc(C4CCNCC4)cc3C2=O)CC1.Cl. The van der Waals surface area contributed by atoms with Crippen molar-refractivity contribution in [3.63, 3.8) is 0 Å². The van der Waals surface area contributed by atoms with E-state index in [0.717, 1.165) is 76.6 Å². The van der Waals surface area contributed by atoms with Crippen LogP contribution < -0.4 is 5.32 Å². The smallest absolute Gasteiger partial charge is 0.305 e. The second-order valence-corrected chi connectivity index (χ2v) is 8.98. The van der Waals surface area contributed by atoms with Gasteiger partial charge in [0.15, 0.2) is 0 Å². The van der Waals surface area contributed by atoms with E-state index >= 15 is 0 Å². The third-order valence-corrected chi connectivity index (χ3v) is 7.30. The zero-order chi connectivity index (χ0) is 20.2. The Bertz CT molecular complexity index is 740. The van der Waals surface area contributed by atoms with Crippen LogP contribution in [0.2, 0.25) is 0 Å². The predicted octanol–water partition coefficient (Wildman–Crippen LogP) is 4.09. The van der Waals surface area contributed by atoms with Gasteiger partial charge in [0.05, 0.1) is 7.11 Å². The Labute approximate surface area is 186 Å². The van der Waals surface area contributed by atoms with Gasteiger partial charge in [-0.1, -0.05) is 12.1 Å². The van der Waals surface area contributed by atoms with E-state index in [1.165, 1.54) is 18.2 Å². The summed E-state index contributed by atoms with van der Waals surface area (Å²) in [6.45, 7) is 2.98. The molecule has 0 radical (unpaired) electrons. The Morgan fingerprint density at radius 3 is 2.57 bits per heavy atom. The summed E-state index contributed by atoms with van der Waals surface area (Å²) >= 11 is 0. The minimum atomic E-state index is -0.112. The van der Waals surface area contributed by atoms with Crippen molar-refractivity contribution >= 4 is 24.3 Å². The lowest BCUT2D eigenvalue weighted by molar-refractivity contribution is -0.141. The molecule has 2 aliphatic heterocycles. The summed E-state index contributed by atoms with van der Waals surface area (Å²) in [5, 5.41) is 3.43. The molecule has 1 aromatic carbocycles. The number of nitrogens with one attached hydrogen (secondary N) is 1. The fraction of sp³-hybridized carbons (Fsp3) is 0.667. The first-order valence-electron chi connectivity index (χ1n) is 11.4. The number of hydrogen-bond donors (Lipinski definition) is 1. The molecule has 1 saturated heterocycles. The van der Waals surface area contributed by atoms with E-state index < -0.39 is 0 Å². The van der Waals surface area contributed by atoms with Crippen LogP contribution in [-0.4, -0.2) is 49.6 Å². The molecule has 1 amide bonds. The summed E-state index contributed by atoms with van der Waals surface area (Å²) in [5.41, 5.74) is 3.50. The van der Waals surface area contributed by atoms with Gasteiger partial charge in [-0.05, 0) is 93.5 Å². The van der Waals surface area contributed by atoms with Crippen LogP contribution in [0, 0.1) is 5.92 Å². The molecule has 0 unspecified atom stereocenters. The Kier molecular flexibility index (Phi) is 8.18. The van der Waals surface area contributed by atoms with Crippen LogP contribution >= 0.6 is 12.4 Å². The van der Waals surface area contributed by atoms with Crippen molar-refractivity contribution < 1.29 is 14.3 Å². The number of benzene rings is 1. The van der Waals surface area contributed by atoms with E-state index in [1.54, 1.807) is 0 Å². The third kappa shape index (κ3) is 5.17. The maximum atomic E-state index is 13.3.